The van der Waals surface area contributed by atoms with Crippen molar-refractivity contribution in [3.63, 3.8) is 0 Å². The van der Waals surface area contributed by atoms with E-state index in [9.17, 15) is 9.59 Å². The highest BCUT2D eigenvalue weighted by molar-refractivity contribution is 5.95. The number of carbonyl (C=O) groups is 2. The molecule has 0 spiro atoms. The molecule has 1 aliphatic rings. The number of hydrogen-bond acceptors (Lipinski definition) is 3. The average Bonchev–Trinajstić information content (AvgIpc) is 2.73. The standard InChI is InChI=1S/C13H14N4O2/c18-12-9-17(7-3-5-14-12)13(19)10-8-16-6-2-1-4-11(16)15-10/h1-2,4,6,8H,3,5,7,9H2,(H,14,18). The molecule has 6 nitrogen and oxygen atoms in total. The first kappa shape index (κ1) is 11.7. The normalized spacial score (nSPS) is 16.2. The Morgan fingerprint density at radius 3 is 3.11 bits per heavy atom. The Bertz CT molecular complexity index is 601. The van der Waals surface area contributed by atoms with Crippen LogP contribution in [0.5, 0.6) is 0 Å². The van der Waals surface area contributed by atoms with Gasteiger partial charge in [-0.15, -0.1) is 0 Å². The second kappa shape index (κ2) is 4.72. The van der Waals surface area contributed by atoms with Gasteiger partial charge in [0.05, 0.1) is 6.54 Å². The third-order valence-corrected chi connectivity index (χ3v) is 3.13. The number of fused-ring (bicyclic) bond motifs is 1. The lowest BCUT2D eigenvalue weighted by molar-refractivity contribution is -0.121. The van der Waals surface area contributed by atoms with Gasteiger partial charge in [-0.2, -0.15) is 0 Å². The van der Waals surface area contributed by atoms with E-state index in [1.165, 1.54) is 0 Å². The molecule has 0 atom stereocenters. The third-order valence-electron chi connectivity index (χ3n) is 3.13. The number of nitrogens with one attached hydrogen (secondary N) is 1. The van der Waals surface area contributed by atoms with Crippen molar-refractivity contribution in [2.24, 2.45) is 0 Å². The van der Waals surface area contributed by atoms with Gasteiger partial charge in [-0.3, -0.25) is 9.59 Å². The highest BCUT2D eigenvalue weighted by atomic mass is 16.2. The first-order valence-corrected chi connectivity index (χ1v) is 6.24. The highest BCUT2D eigenvalue weighted by Gasteiger charge is 2.22. The minimum atomic E-state index is -0.194. The van der Waals surface area contributed by atoms with Gasteiger partial charge < -0.3 is 14.6 Å². The maximum absolute atomic E-state index is 12.3. The minimum Gasteiger partial charge on any atom is -0.354 e. The number of nitrogens with zero attached hydrogens (tertiary/aromatic N) is 3. The molecular weight excluding hydrogens is 244 g/mol. The summed E-state index contributed by atoms with van der Waals surface area (Å²) in [6, 6.07) is 5.59. The summed E-state index contributed by atoms with van der Waals surface area (Å²) in [6.07, 6.45) is 4.31. The molecule has 2 aromatic rings. The van der Waals surface area contributed by atoms with Crippen LogP contribution in [0.4, 0.5) is 0 Å². The lowest BCUT2D eigenvalue weighted by Gasteiger charge is -2.17. The number of hydrogen-bond donors (Lipinski definition) is 1. The van der Waals surface area contributed by atoms with Gasteiger partial charge in [0.15, 0.2) is 0 Å². The smallest absolute Gasteiger partial charge is 0.274 e. The summed E-state index contributed by atoms with van der Waals surface area (Å²) in [4.78, 5) is 29.6. The number of pyridine rings is 1. The molecule has 1 N–H and O–H groups in total. The second-order valence-corrected chi connectivity index (χ2v) is 4.52. The lowest BCUT2D eigenvalue weighted by atomic mass is 10.3. The summed E-state index contributed by atoms with van der Waals surface area (Å²) in [5, 5.41) is 2.75. The fourth-order valence-corrected chi connectivity index (χ4v) is 2.18. The molecule has 19 heavy (non-hydrogen) atoms. The van der Waals surface area contributed by atoms with E-state index in [4.69, 9.17) is 0 Å². The van der Waals surface area contributed by atoms with Gasteiger partial charge in [0, 0.05) is 25.5 Å². The fourth-order valence-electron chi connectivity index (χ4n) is 2.18. The monoisotopic (exact) mass is 258 g/mol. The number of rotatable bonds is 1. The predicted molar refractivity (Wildman–Crippen MR) is 68.7 cm³/mol. The first-order valence-electron chi connectivity index (χ1n) is 6.24. The SMILES string of the molecule is O=C1CN(C(=O)c2cn3ccccc3n2)CCCN1. The van der Waals surface area contributed by atoms with E-state index < -0.39 is 0 Å². The zero-order valence-corrected chi connectivity index (χ0v) is 10.4. The quantitative estimate of drug-likeness (QED) is 0.800. The molecule has 0 radical (unpaired) electrons. The van der Waals surface area contributed by atoms with Gasteiger partial charge in [-0.1, -0.05) is 6.07 Å². The Kier molecular flexibility index (Phi) is 2.91. The molecule has 98 valence electrons. The van der Waals surface area contributed by atoms with Crippen molar-refractivity contribution in [1.29, 1.82) is 0 Å². The Labute approximate surface area is 110 Å². The van der Waals surface area contributed by atoms with Crippen LogP contribution in [-0.2, 0) is 4.79 Å². The van der Waals surface area contributed by atoms with Crippen LogP contribution in [0.3, 0.4) is 0 Å². The lowest BCUT2D eigenvalue weighted by Crippen LogP contribution is -2.37. The predicted octanol–water partition coefficient (Wildman–Crippen LogP) is 0.296. The summed E-state index contributed by atoms with van der Waals surface area (Å²) in [6.45, 7) is 1.30. The van der Waals surface area contributed by atoms with Gasteiger partial charge in [-0.25, -0.2) is 4.98 Å². The Morgan fingerprint density at radius 2 is 2.26 bits per heavy atom. The zero-order valence-electron chi connectivity index (χ0n) is 10.4. The summed E-state index contributed by atoms with van der Waals surface area (Å²) >= 11 is 0. The molecule has 1 saturated heterocycles. The number of carbonyl (C=O) groups excluding carboxylic acids is 2. The Balaban J connectivity index is 1.87. The topological polar surface area (TPSA) is 66.7 Å². The maximum Gasteiger partial charge on any atom is 0.274 e. The molecule has 6 heteroatoms. The molecule has 1 fully saturated rings. The fraction of sp³-hybridized carbons (Fsp3) is 0.308. The van der Waals surface area contributed by atoms with Crippen molar-refractivity contribution >= 4 is 17.5 Å². The maximum atomic E-state index is 12.3. The van der Waals surface area contributed by atoms with Crippen molar-refractivity contribution in [2.45, 2.75) is 6.42 Å². The Morgan fingerprint density at radius 1 is 1.37 bits per heavy atom. The van der Waals surface area contributed by atoms with Crippen LogP contribution in [0.1, 0.15) is 16.9 Å². The van der Waals surface area contributed by atoms with Gasteiger partial charge in [0.1, 0.15) is 11.3 Å². The molecule has 0 unspecified atom stereocenters. The van der Waals surface area contributed by atoms with Gasteiger partial charge in [-0.05, 0) is 18.6 Å². The molecule has 0 aromatic carbocycles. The number of imidazole rings is 1. The van der Waals surface area contributed by atoms with E-state index in [2.05, 4.69) is 10.3 Å². The zero-order chi connectivity index (χ0) is 13.2. The van der Waals surface area contributed by atoms with Gasteiger partial charge in [0.25, 0.3) is 5.91 Å². The highest BCUT2D eigenvalue weighted by Crippen LogP contribution is 2.09. The van der Waals surface area contributed by atoms with Crippen molar-refractivity contribution in [3.8, 4) is 0 Å². The van der Waals surface area contributed by atoms with E-state index in [0.29, 0.717) is 18.8 Å². The summed E-state index contributed by atoms with van der Waals surface area (Å²) in [5.41, 5.74) is 1.10. The van der Waals surface area contributed by atoms with Crippen molar-refractivity contribution in [1.82, 2.24) is 19.6 Å². The number of aromatic nitrogens is 2. The van der Waals surface area contributed by atoms with E-state index >= 15 is 0 Å². The second-order valence-electron chi connectivity index (χ2n) is 4.52. The largest absolute Gasteiger partial charge is 0.354 e. The first-order chi connectivity index (χ1) is 9.24. The van der Waals surface area contributed by atoms with Crippen molar-refractivity contribution < 1.29 is 9.59 Å². The number of amides is 2. The van der Waals surface area contributed by atoms with E-state index in [-0.39, 0.29) is 18.4 Å². The molecule has 2 amide bonds. The molecular formula is C13H14N4O2. The molecule has 2 aromatic heterocycles. The average molecular weight is 258 g/mol. The van der Waals surface area contributed by atoms with Crippen LogP contribution >= 0.6 is 0 Å². The van der Waals surface area contributed by atoms with Crippen LogP contribution in [0.25, 0.3) is 5.65 Å². The summed E-state index contributed by atoms with van der Waals surface area (Å²) in [5.74, 6) is -0.310. The van der Waals surface area contributed by atoms with Crippen LogP contribution in [0.15, 0.2) is 30.6 Å². The van der Waals surface area contributed by atoms with Crippen LogP contribution < -0.4 is 5.32 Å². The molecule has 1 aliphatic heterocycles. The van der Waals surface area contributed by atoms with Crippen molar-refractivity contribution in [2.75, 3.05) is 19.6 Å². The minimum absolute atomic E-state index is 0.104. The van der Waals surface area contributed by atoms with E-state index in [1.807, 2.05) is 24.4 Å². The Hall–Kier alpha value is -2.37. The van der Waals surface area contributed by atoms with E-state index in [0.717, 1.165) is 12.1 Å². The van der Waals surface area contributed by atoms with Crippen LogP contribution in [0, 0.1) is 0 Å². The van der Waals surface area contributed by atoms with Crippen molar-refractivity contribution in [3.05, 3.63) is 36.3 Å². The summed E-state index contributed by atoms with van der Waals surface area (Å²) in [7, 11) is 0. The van der Waals surface area contributed by atoms with Gasteiger partial charge in [0.2, 0.25) is 5.91 Å². The molecule has 0 aliphatic carbocycles. The summed E-state index contributed by atoms with van der Waals surface area (Å²) < 4.78 is 1.80. The van der Waals surface area contributed by atoms with Gasteiger partial charge >= 0.3 is 0 Å². The van der Waals surface area contributed by atoms with Crippen LogP contribution in [-0.4, -0.2) is 45.7 Å². The molecule has 3 heterocycles. The third kappa shape index (κ3) is 2.29. The molecule has 3 rings (SSSR count). The van der Waals surface area contributed by atoms with Crippen LogP contribution in [0.2, 0.25) is 0 Å². The van der Waals surface area contributed by atoms with E-state index in [1.54, 1.807) is 15.5 Å². The molecule has 0 bridgehead atoms. The molecule has 0 saturated carbocycles.